The van der Waals surface area contributed by atoms with Crippen molar-refractivity contribution in [1.29, 1.82) is 0 Å². The maximum atomic E-state index is 11.2. The summed E-state index contributed by atoms with van der Waals surface area (Å²) in [7, 11) is 5.14. The van der Waals surface area contributed by atoms with Gasteiger partial charge in [-0.1, -0.05) is 36.4 Å². The number of rotatable bonds is 5. The van der Waals surface area contributed by atoms with Crippen molar-refractivity contribution in [1.82, 2.24) is 10.2 Å². The SMILES string of the molecule is CN=C(NCc1ccc(NC(=O)OC)cc1)N(C)Cc1ccccc1C.I. The van der Waals surface area contributed by atoms with Crippen LogP contribution in [0.3, 0.4) is 0 Å². The molecule has 0 radical (unpaired) electrons. The zero-order valence-electron chi connectivity index (χ0n) is 16.2. The summed E-state index contributed by atoms with van der Waals surface area (Å²) in [6.45, 7) is 3.54. The van der Waals surface area contributed by atoms with Gasteiger partial charge in [0.25, 0.3) is 0 Å². The number of nitrogens with zero attached hydrogens (tertiary/aromatic N) is 2. The van der Waals surface area contributed by atoms with E-state index < -0.39 is 6.09 Å². The lowest BCUT2D eigenvalue weighted by atomic mass is 10.1. The topological polar surface area (TPSA) is 66.0 Å². The van der Waals surface area contributed by atoms with E-state index in [1.807, 2.05) is 37.4 Å². The monoisotopic (exact) mass is 482 g/mol. The zero-order chi connectivity index (χ0) is 18.9. The summed E-state index contributed by atoms with van der Waals surface area (Å²) < 4.78 is 4.58. The normalized spacial score (nSPS) is 10.6. The maximum Gasteiger partial charge on any atom is 0.411 e. The van der Waals surface area contributed by atoms with Crippen LogP contribution in [0.25, 0.3) is 0 Å². The maximum absolute atomic E-state index is 11.2. The molecule has 0 aliphatic rings. The molecule has 6 nitrogen and oxygen atoms in total. The fourth-order valence-electron chi connectivity index (χ4n) is 2.56. The Bertz CT molecular complexity index is 763. The molecule has 2 aromatic rings. The van der Waals surface area contributed by atoms with Crippen molar-refractivity contribution in [2.24, 2.45) is 4.99 Å². The van der Waals surface area contributed by atoms with Crippen LogP contribution in [-0.2, 0) is 17.8 Å². The largest absolute Gasteiger partial charge is 0.453 e. The van der Waals surface area contributed by atoms with Crippen LogP contribution in [0, 0.1) is 6.92 Å². The Morgan fingerprint density at radius 1 is 1.15 bits per heavy atom. The fraction of sp³-hybridized carbons (Fsp3) is 0.300. The van der Waals surface area contributed by atoms with E-state index in [9.17, 15) is 4.79 Å². The second-order valence-electron chi connectivity index (χ2n) is 6.00. The molecule has 0 aliphatic heterocycles. The second-order valence-corrected chi connectivity index (χ2v) is 6.00. The third-order valence-corrected chi connectivity index (χ3v) is 4.08. The average molecular weight is 482 g/mol. The van der Waals surface area contributed by atoms with Crippen molar-refractivity contribution in [3.05, 3.63) is 65.2 Å². The number of benzene rings is 2. The van der Waals surface area contributed by atoms with E-state index in [-0.39, 0.29) is 24.0 Å². The Morgan fingerprint density at radius 2 is 1.81 bits per heavy atom. The van der Waals surface area contributed by atoms with Gasteiger partial charge in [-0.05, 0) is 35.7 Å². The number of halogens is 1. The van der Waals surface area contributed by atoms with E-state index >= 15 is 0 Å². The molecule has 0 aliphatic carbocycles. The summed E-state index contributed by atoms with van der Waals surface area (Å²) in [6.07, 6.45) is -0.478. The molecule has 7 heteroatoms. The Balaban J connectivity index is 0.00000364. The summed E-state index contributed by atoms with van der Waals surface area (Å²) in [5.74, 6) is 0.824. The predicted molar refractivity (Wildman–Crippen MR) is 121 cm³/mol. The van der Waals surface area contributed by atoms with Gasteiger partial charge in [0.2, 0.25) is 0 Å². The molecule has 2 aromatic carbocycles. The highest BCUT2D eigenvalue weighted by molar-refractivity contribution is 14.0. The van der Waals surface area contributed by atoms with Crippen molar-refractivity contribution in [2.75, 3.05) is 26.5 Å². The molecule has 0 atom stereocenters. The first kappa shape index (κ1) is 22.8. The smallest absolute Gasteiger partial charge is 0.411 e. The molecule has 0 fully saturated rings. The summed E-state index contributed by atoms with van der Waals surface area (Å²) >= 11 is 0. The highest BCUT2D eigenvalue weighted by Crippen LogP contribution is 2.11. The van der Waals surface area contributed by atoms with Gasteiger partial charge in [-0.2, -0.15) is 0 Å². The lowest BCUT2D eigenvalue weighted by Crippen LogP contribution is -2.38. The summed E-state index contributed by atoms with van der Waals surface area (Å²) in [5, 5.41) is 5.99. The third-order valence-electron chi connectivity index (χ3n) is 4.08. The Kier molecular flexibility index (Phi) is 9.63. The molecule has 2 N–H and O–H groups in total. The number of nitrogens with one attached hydrogen (secondary N) is 2. The van der Waals surface area contributed by atoms with E-state index in [1.165, 1.54) is 18.2 Å². The van der Waals surface area contributed by atoms with E-state index in [0.29, 0.717) is 12.2 Å². The van der Waals surface area contributed by atoms with Gasteiger partial charge < -0.3 is 15.0 Å². The predicted octanol–water partition coefficient (Wildman–Crippen LogP) is 4.00. The van der Waals surface area contributed by atoms with Crippen molar-refractivity contribution in [3.63, 3.8) is 0 Å². The van der Waals surface area contributed by atoms with Crippen molar-refractivity contribution in [3.8, 4) is 0 Å². The number of amides is 1. The zero-order valence-corrected chi connectivity index (χ0v) is 18.5. The van der Waals surface area contributed by atoms with Gasteiger partial charge in [-0.15, -0.1) is 24.0 Å². The molecule has 0 saturated carbocycles. The molecular weight excluding hydrogens is 455 g/mol. The number of hydrogen-bond acceptors (Lipinski definition) is 3. The highest BCUT2D eigenvalue weighted by atomic mass is 127. The molecule has 0 spiro atoms. The number of carbonyl (C=O) groups is 1. The molecule has 27 heavy (non-hydrogen) atoms. The molecule has 2 rings (SSSR count). The quantitative estimate of drug-likeness (QED) is 0.384. The van der Waals surface area contributed by atoms with Crippen LogP contribution < -0.4 is 10.6 Å². The van der Waals surface area contributed by atoms with Crippen LogP contribution in [0.4, 0.5) is 10.5 Å². The van der Waals surface area contributed by atoms with Gasteiger partial charge in [0, 0.05) is 32.9 Å². The number of carbonyl (C=O) groups excluding carboxylic acids is 1. The van der Waals surface area contributed by atoms with Gasteiger partial charge in [-0.25, -0.2) is 4.79 Å². The molecule has 0 unspecified atom stereocenters. The number of methoxy groups -OCH3 is 1. The molecule has 1 amide bonds. The summed E-state index contributed by atoms with van der Waals surface area (Å²) in [5.41, 5.74) is 4.33. The number of guanidine groups is 1. The number of anilines is 1. The first-order valence-electron chi connectivity index (χ1n) is 8.43. The van der Waals surface area contributed by atoms with Crippen LogP contribution in [0.1, 0.15) is 16.7 Å². The minimum absolute atomic E-state index is 0. The molecule has 146 valence electrons. The van der Waals surface area contributed by atoms with Crippen LogP contribution in [-0.4, -0.2) is 38.2 Å². The van der Waals surface area contributed by atoms with Crippen LogP contribution >= 0.6 is 24.0 Å². The first-order chi connectivity index (χ1) is 12.5. The van der Waals surface area contributed by atoms with Gasteiger partial charge in [0.05, 0.1) is 7.11 Å². The highest BCUT2D eigenvalue weighted by Gasteiger charge is 2.08. The van der Waals surface area contributed by atoms with Crippen molar-refractivity contribution < 1.29 is 9.53 Å². The molecular formula is C20H27IN4O2. The number of hydrogen-bond donors (Lipinski definition) is 2. The van der Waals surface area contributed by atoms with Crippen molar-refractivity contribution in [2.45, 2.75) is 20.0 Å². The van der Waals surface area contributed by atoms with Crippen molar-refractivity contribution >= 4 is 41.7 Å². The Hall–Kier alpha value is -2.29. The van der Waals surface area contributed by atoms with Gasteiger partial charge >= 0.3 is 6.09 Å². The van der Waals surface area contributed by atoms with E-state index in [2.05, 4.69) is 50.4 Å². The Labute approximate surface area is 178 Å². The molecule has 0 saturated heterocycles. The van der Waals surface area contributed by atoms with Crippen LogP contribution in [0.15, 0.2) is 53.5 Å². The van der Waals surface area contributed by atoms with Gasteiger partial charge in [-0.3, -0.25) is 10.3 Å². The molecule has 0 heterocycles. The average Bonchev–Trinajstić information content (AvgIpc) is 2.65. The minimum Gasteiger partial charge on any atom is -0.453 e. The van der Waals surface area contributed by atoms with E-state index in [0.717, 1.165) is 18.1 Å². The third kappa shape index (κ3) is 7.09. The number of ether oxygens (including phenoxy) is 1. The number of aryl methyl sites for hydroxylation is 1. The summed E-state index contributed by atoms with van der Waals surface area (Å²) in [4.78, 5) is 17.6. The van der Waals surface area contributed by atoms with Crippen LogP contribution in [0.5, 0.6) is 0 Å². The first-order valence-corrected chi connectivity index (χ1v) is 8.43. The Morgan fingerprint density at radius 3 is 2.41 bits per heavy atom. The van der Waals surface area contributed by atoms with E-state index in [4.69, 9.17) is 0 Å². The van der Waals surface area contributed by atoms with Gasteiger partial charge in [0.15, 0.2) is 5.96 Å². The molecule has 0 bridgehead atoms. The van der Waals surface area contributed by atoms with Gasteiger partial charge in [0.1, 0.15) is 0 Å². The standard InChI is InChI=1S/C20H26N4O2.HI/c1-15-7-5-6-8-17(15)14-24(3)19(21-2)22-13-16-9-11-18(12-10-16)23-20(25)26-4;/h5-12H,13-14H2,1-4H3,(H,21,22)(H,23,25);1H. The number of aliphatic imine (C=N–C) groups is 1. The second kappa shape index (κ2) is 11.4. The fourth-order valence-corrected chi connectivity index (χ4v) is 2.56. The lowest BCUT2D eigenvalue weighted by molar-refractivity contribution is 0.187. The van der Waals surface area contributed by atoms with E-state index in [1.54, 1.807) is 7.05 Å². The minimum atomic E-state index is -0.478. The lowest BCUT2D eigenvalue weighted by Gasteiger charge is -2.23. The van der Waals surface area contributed by atoms with Crippen LogP contribution in [0.2, 0.25) is 0 Å². The summed E-state index contributed by atoms with van der Waals surface area (Å²) in [6, 6.07) is 15.9. The molecule has 0 aromatic heterocycles.